The molecule has 0 aromatic carbocycles. The molecule has 0 amide bonds. The van der Waals surface area contributed by atoms with Crippen LogP contribution >= 0.6 is 0 Å². The highest BCUT2D eigenvalue weighted by Gasteiger charge is 2.35. The average molecular weight is 321 g/mol. The van der Waals surface area contributed by atoms with Crippen molar-refractivity contribution in [1.29, 1.82) is 0 Å². The molecule has 2 saturated carbocycles. The Morgan fingerprint density at radius 2 is 1.17 bits per heavy atom. The topological polar surface area (TPSA) is 0 Å². The molecule has 2 aliphatic rings. The minimum absolute atomic E-state index is 0.833. The molecule has 2 aliphatic carbocycles. The van der Waals surface area contributed by atoms with Gasteiger partial charge in [-0.15, -0.1) is 0 Å². The van der Waals surface area contributed by atoms with Gasteiger partial charge in [-0.2, -0.15) is 0 Å². The first-order chi connectivity index (χ1) is 10.9. The third-order valence-electron chi connectivity index (χ3n) is 8.18. The molecule has 0 heterocycles. The first kappa shape index (κ1) is 19.3. The van der Waals surface area contributed by atoms with Gasteiger partial charge < -0.3 is 0 Å². The Morgan fingerprint density at radius 3 is 1.61 bits per heavy atom. The van der Waals surface area contributed by atoms with E-state index in [-0.39, 0.29) is 0 Å². The van der Waals surface area contributed by atoms with E-state index in [4.69, 9.17) is 0 Å². The van der Waals surface area contributed by atoms with Crippen LogP contribution in [0.3, 0.4) is 0 Å². The minimum atomic E-state index is 0.833. The van der Waals surface area contributed by atoms with Crippen LogP contribution in [0.2, 0.25) is 0 Å². The second-order valence-corrected chi connectivity index (χ2v) is 9.73. The van der Waals surface area contributed by atoms with Crippen molar-refractivity contribution < 1.29 is 0 Å². The normalized spacial score (nSPS) is 36.7. The highest BCUT2D eigenvalue weighted by molar-refractivity contribution is 4.85. The molecule has 0 aromatic heterocycles. The minimum Gasteiger partial charge on any atom is -0.0651 e. The Kier molecular flexibility index (Phi) is 7.49. The summed E-state index contributed by atoms with van der Waals surface area (Å²) in [6, 6.07) is 0. The molecule has 3 atom stereocenters. The van der Waals surface area contributed by atoms with Crippen molar-refractivity contribution in [2.45, 2.75) is 99.3 Å². The smallest absolute Gasteiger partial charge is 0.0360 e. The molecule has 136 valence electrons. The van der Waals surface area contributed by atoms with Crippen molar-refractivity contribution in [1.82, 2.24) is 0 Å². The SMILES string of the molecule is CCC(C1CCC(C2CCC(C)CC2)CC1)C(C)C(C)C(C)C. The highest BCUT2D eigenvalue weighted by atomic mass is 14.4. The van der Waals surface area contributed by atoms with Gasteiger partial charge in [-0.05, 0) is 85.9 Å². The second kappa shape index (κ2) is 8.91. The maximum atomic E-state index is 2.55. The van der Waals surface area contributed by atoms with E-state index in [0.29, 0.717) is 0 Å². The molecular weight excluding hydrogens is 276 g/mol. The Morgan fingerprint density at radius 1 is 0.696 bits per heavy atom. The zero-order chi connectivity index (χ0) is 17.0. The first-order valence-electron chi connectivity index (χ1n) is 10.9. The van der Waals surface area contributed by atoms with Gasteiger partial charge >= 0.3 is 0 Å². The van der Waals surface area contributed by atoms with Gasteiger partial charge in [0.25, 0.3) is 0 Å². The standard InChI is InChI=1S/C23H44/c1-7-23(19(6)18(5)16(2)3)22-14-12-21(13-15-22)20-10-8-17(4)9-11-20/h16-23H,7-15H2,1-6H3. The van der Waals surface area contributed by atoms with E-state index in [2.05, 4.69) is 41.5 Å². The molecule has 0 nitrogen and oxygen atoms in total. The van der Waals surface area contributed by atoms with Gasteiger partial charge in [-0.25, -0.2) is 0 Å². The molecule has 0 heteroatoms. The molecule has 0 spiro atoms. The van der Waals surface area contributed by atoms with Gasteiger partial charge in [0.1, 0.15) is 0 Å². The lowest BCUT2D eigenvalue weighted by Gasteiger charge is -2.42. The van der Waals surface area contributed by atoms with Crippen LogP contribution in [0.25, 0.3) is 0 Å². The summed E-state index contributed by atoms with van der Waals surface area (Å²) in [4.78, 5) is 0. The summed E-state index contributed by atoms with van der Waals surface area (Å²) in [5.74, 6) is 7.77. The third-order valence-corrected chi connectivity index (χ3v) is 8.18. The van der Waals surface area contributed by atoms with Crippen LogP contribution < -0.4 is 0 Å². The van der Waals surface area contributed by atoms with E-state index >= 15 is 0 Å². The highest BCUT2D eigenvalue weighted by Crippen LogP contribution is 2.45. The molecule has 0 N–H and O–H groups in total. The van der Waals surface area contributed by atoms with Crippen molar-refractivity contribution in [3.05, 3.63) is 0 Å². The maximum Gasteiger partial charge on any atom is -0.0360 e. The molecule has 23 heavy (non-hydrogen) atoms. The van der Waals surface area contributed by atoms with Crippen LogP contribution in [-0.4, -0.2) is 0 Å². The fourth-order valence-corrected chi connectivity index (χ4v) is 5.93. The summed E-state index contributed by atoms with van der Waals surface area (Å²) in [5.41, 5.74) is 0. The Hall–Kier alpha value is 0. The van der Waals surface area contributed by atoms with Gasteiger partial charge in [0.15, 0.2) is 0 Å². The molecular formula is C23H44. The van der Waals surface area contributed by atoms with E-state index in [9.17, 15) is 0 Å². The number of rotatable bonds is 6. The molecule has 0 bridgehead atoms. The summed E-state index contributed by atoms with van der Waals surface area (Å²) in [7, 11) is 0. The van der Waals surface area contributed by atoms with E-state index in [1.165, 1.54) is 44.9 Å². The van der Waals surface area contributed by atoms with Crippen LogP contribution in [0, 0.1) is 47.3 Å². The lowest BCUT2D eigenvalue weighted by molar-refractivity contribution is 0.0845. The van der Waals surface area contributed by atoms with Gasteiger partial charge in [-0.3, -0.25) is 0 Å². The lowest BCUT2D eigenvalue weighted by atomic mass is 9.64. The van der Waals surface area contributed by atoms with E-state index in [0.717, 1.165) is 47.3 Å². The fraction of sp³-hybridized carbons (Fsp3) is 1.00. The lowest BCUT2D eigenvalue weighted by Crippen LogP contribution is -2.32. The van der Waals surface area contributed by atoms with Crippen molar-refractivity contribution in [2.75, 3.05) is 0 Å². The van der Waals surface area contributed by atoms with Gasteiger partial charge in [0.2, 0.25) is 0 Å². The first-order valence-corrected chi connectivity index (χ1v) is 10.9. The third kappa shape index (κ3) is 4.99. The summed E-state index contributed by atoms with van der Waals surface area (Å²) >= 11 is 0. The summed E-state index contributed by atoms with van der Waals surface area (Å²) in [5, 5.41) is 0. The monoisotopic (exact) mass is 320 g/mol. The molecule has 0 aromatic rings. The van der Waals surface area contributed by atoms with E-state index < -0.39 is 0 Å². The summed E-state index contributed by atoms with van der Waals surface area (Å²) < 4.78 is 0. The Bertz CT molecular complexity index is 315. The second-order valence-electron chi connectivity index (χ2n) is 9.73. The quantitative estimate of drug-likeness (QED) is 0.473. The molecule has 3 unspecified atom stereocenters. The van der Waals surface area contributed by atoms with Gasteiger partial charge in [0.05, 0.1) is 0 Å². The molecule has 0 saturated heterocycles. The molecule has 2 fully saturated rings. The van der Waals surface area contributed by atoms with Gasteiger partial charge in [-0.1, -0.05) is 60.8 Å². The van der Waals surface area contributed by atoms with Gasteiger partial charge in [0, 0.05) is 0 Å². The maximum absolute atomic E-state index is 2.55. The van der Waals surface area contributed by atoms with E-state index in [1.807, 2.05) is 0 Å². The predicted octanol–water partition coefficient (Wildman–Crippen LogP) is 7.57. The molecule has 0 aliphatic heterocycles. The zero-order valence-electron chi connectivity index (χ0n) is 17.0. The van der Waals surface area contributed by atoms with Crippen LogP contribution in [0.1, 0.15) is 99.3 Å². The number of hydrogen-bond donors (Lipinski definition) is 0. The molecule has 2 rings (SSSR count). The van der Waals surface area contributed by atoms with Crippen LogP contribution in [-0.2, 0) is 0 Å². The predicted molar refractivity (Wildman–Crippen MR) is 104 cm³/mol. The van der Waals surface area contributed by atoms with Crippen LogP contribution in [0.15, 0.2) is 0 Å². The van der Waals surface area contributed by atoms with Crippen molar-refractivity contribution in [3.8, 4) is 0 Å². The molecule has 0 radical (unpaired) electrons. The largest absolute Gasteiger partial charge is 0.0651 e. The van der Waals surface area contributed by atoms with Crippen LogP contribution in [0.5, 0.6) is 0 Å². The number of hydrogen-bond acceptors (Lipinski definition) is 0. The average Bonchev–Trinajstić information content (AvgIpc) is 2.56. The van der Waals surface area contributed by atoms with Crippen LogP contribution in [0.4, 0.5) is 0 Å². The van der Waals surface area contributed by atoms with Crippen molar-refractivity contribution in [2.24, 2.45) is 47.3 Å². The summed E-state index contributed by atoms with van der Waals surface area (Å²) in [6.45, 7) is 14.8. The van der Waals surface area contributed by atoms with Crippen molar-refractivity contribution >= 4 is 0 Å². The summed E-state index contributed by atoms with van der Waals surface area (Å²) in [6.07, 6.45) is 13.6. The Labute approximate surface area is 147 Å². The zero-order valence-corrected chi connectivity index (χ0v) is 17.0. The Balaban J connectivity index is 1.84. The van der Waals surface area contributed by atoms with Crippen molar-refractivity contribution in [3.63, 3.8) is 0 Å². The van der Waals surface area contributed by atoms with E-state index in [1.54, 1.807) is 12.8 Å². The fourth-order valence-electron chi connectivity index (χ4n) is 5.93.